The fraction of sp³-hybridized carbons (Fsp3) is 0.296. The fourth-order valence-corrected chi connectivity index (χ4v) is 6.78. The Bertz CT molecular complexity index is 1750. The van der Waals surface area contributed by atoms with E-state index in [1.54, 1.807) is 10.8 Å². The summed E-state index contributed by atoms with van der Waals surface area (Å²) in [6.45, 7) is 4.34. The molecule has 2 unspecified atom stereocenters. The Morgan fingerprint density at radius 3 is 2.65 bits per heavy atom. The van der Waals surface area contributed by atoms with Gasteiger partial charge >= 0.3 is 8.60 Å². The van der Waals surface area contributed by atoms with Gasteiger partial charge in [0.15, 0.2) is 22.5 Å². The molecular formula is C27H26N5O6PS. The van der Waals surface area contributed by atoms with Crippen LogP contribution in [0.5, 0.6) is 0 Å². The number of hydrogen-bond donors (Lipinski definition) is 3. The summed E-state index contributed by atoms with van der Waals surface area (Å²) in [4.78, 5) is 37.2. The van der Waals surface area contributed by atoms with E-state index in [0.29, 0.717) is 16.9 Å². The summed E-state index contributed by atoms with van der Waals surface area (Å²) in [5.74, 6) is 0.722. The van der Waals surface area contributed by atoms with Crippen molar-refractivity contribution < 1.29 is 23.8 Å². The van der Waals surface area contributed by atoms with E-state index >= 15 is 0 Å². The summed E-state index contributed by atoms with van der Waals surface area (Å²) in [6.07, 6.45) is -1.82. The lowest BCUT2D eigenvalue weighted by molar-refractivity contribution is -0.0614. The summed E-state index contributed by atoms with van der Waals surface area (Å²) >= 11 is 1.35. The third kappa shape index (κ3) is 4.36. The number of aromatic nitrogens is 5. The number of hydrogen-bond acceptors (Lipinski definition) is 9. The molecule has 2 aliphatic heterocycles. The second kappa shape index (κ2) is 10.1. The Balaban J connectivity index is 1.37. The van der Waals surface area contributed by atoms with Crippen LogP contribution >= 0.6 is 20.4 Å². The molecule has 11 nitrogen and oxygen atoms in total. The molecule has 3 N–H and O–H groups in total. The molecule has 5 atom stereocenters. The van der Waals surface area contributed by atoms with Gasteiger partial charge in [-0.15, -0.1) is 0 Å². The number of nitrogens with zero attached hydrogens (tertiary/aromatic N) is 4. The number of aliphatic hydroxyl groups excluding tert-OH is 1. The minimum absolute atomic E-state index is 0.0730. The standard InChI is InChI=1S/C27H26N5O6PS/c1-14(2)15-8-10-17(11-9-15)40-27-29-20-23(32(27)25-21(33)22-19(37-25)13-36-39(35)38-22)30-26-28-18(12-31(26)24(20)34)16-6-4-3-5-7-16/h3-12,14,19,21-22,25,33,35H,13H2,1-2H3,(H,28,30)/t19?,21-,22+,25+,39?/m0/s1. The maximum Gasteiger partial charge on any atom is 0.330 e. The van der Waals surface area contributed by atoms with Gasteiger partial charge in [0.25, 0.3) is 5.56 Å². The highest BCUT2D eigenvalue weighted by molar-refractivity contribution is 7.99. The lowest BCUT2D eigenvalue weighted by Crippen LogP contribution is -2.38. The number of nitrogens with one attached hydrogen (secondary N) is 1. The van der Waals surface area contributed by atoms with Gasteiger partial charge in [-0.05, 0) is 29.2 Å². The highest BCUT2D eigenvalue weighted by atomic mass is 32.2. The van der Waals surface area contributed by atoms with Crippen molar-refractivity contribution in [3.05, 3.63) is 76.7 Å². The first-order chi connectivity index (χ1) is 19.4. The normalized spacial score (nSPS) is 24.8. The second-order valence-electron chi connectivity index (χ2n) is 10.1. The van der Waals surface area contributed by atoms with Crippen LogP contribution in [0, 0.1) is 0 Å². The SMILES string of the molecule is CC(C)c1ccc(Sc2nc3c(=O)n4cc(-c5ccccc5)[nH]c4nc3n2[C@@H]2OC3COP(O)O[C@H]3[C@@H]2O)cc1. The highest BCUT2D eigenvalue weighted by Gasteiger charge is 2.50. The summed E-state index contributed by atoms with van der Waals surface area (Å²) in [6, 6.07) is 17.8. The third-order valence-electron chi connectivity index (χ3n) is 7.19. The molecule has 0 saturated carbocycles. The molecule has 0 aliphatic carbocycles. The smallest absolute Gasteiger partial charge is 0.330 e. The Morgan fingerprint density at radius 2 is 1.90 bits per heavy atom. The lowest BCUT2D eigenvalue weighted by Gasteiger charge is -2.27. The van der Waals surface area contributed by atoms with Gasteiger partial charge in [0.05, 0.1) is 12.3 Å². The molecule has 0 amide bonds. The Labute approximate surface area is 233 Å². The van der Waals surface area contributed by atoms with Crippen LogP contribution in [0.25, 0.3) is 28.2 Å². The van der Waals surface area contributed by atoms with E-state index in [1.165, 1.54) is 21.7 Å². The molecule has 0 spiro atoms. The third-order valence-corrected chi connectivity index (χ3v) is 8.96. The number of imidazole rings is 2. The van der Waals surface area contributed by atoms with Crippen molar-refractivity contribution in [1.29, 1.82) is 0 Å². The van der Waals surface area contributed by atoms with Gasteiger partial charge in [0.2, 0.25) is 5.78 Å². The minimum Gasteiger partial charge on any atom is -0.386 e. The largest absolute Gasteiger partial charge is 0.386 e. The van der Waals surface area contributed by atoms with Gasteiger partial charge in [-0.3, -0.25) is 9.36 Å². The average molecular weight is 580 g/mol. The predicted molar refractivity (Wildman–Crippen MR) is 149 cm³/mol. The molecule has 7 rings (SSSR count). The fourth-order valence-electron chi connectivity index (χ4n) is 5.07. The maximum absolute atomic E-state index is 13.7. The van der Waals surface area contributed by atoms with Crippen LogP contribution in [0.2, 0.25) is 0 Å². The van der Waals surface area contributed by atoms with Crippen LogP contribution in [0.4, 0.5) is 0 Å². The first-order valence-corrected chi connectivity index (χ1v) is 14.8. The maximum atomic E-state index is 13.7. The van der Waals surface area contributed by atoms with E-state index < -0.39 is 33.1 Å². The van der Waals surface area contributed by atoms with Crippen molar-refractivity contribution in [1.82, 2.24) is 23.9 Å². The zero-order chi connectivity index (χ0) is 27.5. The second-order valence-corrected chi connectivity index (χ2v) is 12.1. The number of H-pyrrole nitrogens is 1. The van der Waals surface area contributed by atoms with Crippen molar-refractivity contribution in [3.63, 3.8) is 0 Å². The van der Waals surface area contributed by atoms with E-state index in [9.17, 15) is 14.8 Å². The van der Waals surface area contributed by atoms with Crippen LogP contribution in [0.15, 0.2) is 75.6 Å². The molecule has 206 valence electrons. The lowest BCUT2D eigenvalue weighted by atomic mass is 10.0. The molecule has 0 radical (unpaired) electrons. The summed E-state index contributed by atoms with van der Waals surface area (Å²) in [7, 11) is -2.11. The van der Waals surface area contributed by atoms with Crippen LogP contribution in [0.1, 0.15) is 31.6 Å². The van der Waals surface area contributed by atoms with Crippen LogP contribution in [0.3, 0.4) is 0 Å². The van der Waals surface area contributed by atoms with Gasteiger partial charge in [-0.25, -0.2) is 9.38 Å². The Kier molecular flexibility index (Phi) is 6.51. The minimum atomic E-state index is -2.11. The number of ether oxygens (including phenoxy) is 1. The van der Waals surface area contributed by atoms with Crippen molar-refractivity contribution in [3.8, 4) is 11.3 Å². The molecule has 40 heavy (non-hydrogen) atoms. The zero-order valence-electron chi connectivity index (χ0n) is 21.5. The zero-order valence-corrected chi connectivity index (χ0v) is 23.3. The Morgan fingerprint density at radius 1 is 1.12 bits per heavy atom. The molecule has 5 heterocycles. The van der Waals surface area contributed by atoms with Gasteiger partial charge < -0.3 is 28.8 Å². The number of rotatable bonds is 5. The Hall–Kier alpha value is -3.09. The van der Waals surface area contributed by atoms with E-state index in [2.05, 4.69) is 31.0 Å². The molecule has 13 heteroatoms. The quantitative estimate of drug-likeness (QED) is 0.262. The van der Waals surface area contributed by atoms with E-state index in [-0.39, 0.29) is 23.3 Å². The van der Waals surface area contributed by atoms with Gasteiger partial charge in [0, 0.05) is 11.1 Å². The average Bonchev–Trinajstić information content (AvgIpc) is 3.64. The van der Waals surface area contributed by atoms with E-state index in [0.717, 1.165) is 16.2 Å². The molecule has 2 saturated heterocycles. The van der Waals surface area contributed by atoms with Gasteiger partial charge in [-0.1, -0.05) is 68.1 Å². The number of aromatic amines is 1. The molecule has 0 bridgehead atoms. The van der Waals surface area contributed by atoms with Crippen LogP contribution in [-0.2, 0) is 13.8 Å². The first kappa shape index (κ1) is 25.8. The molecule has 2 fully saturated rings. The van der Waals surface area contributed by atoms with Crippen molar-refractivity contribution >= 4 is 37.3 Å². The number of fused-ring (bicyclic) bond motifs is 3. The van der Waals surface area contributed by atoms with Crippen molar-refractivity contribution in [2.45, 2.75) is 54.4 Å². The number of aliphatic hydroxyl groups is 1. The molecule has 5 aromatic rings. The molecule has 2 aliphatic rings. The topological polar surface area (TPSA) is 136 Å². The number of benzene rings is 2. The van der Waals surface area contributed by atoms with Gasteiger partial charge in [0.1, 0.15) is 18.3 Å². The predicted octanol–water partition coefficient (Wildman–Crippen LogP) is 4.21. The summed E-state index contributed by atoms with van der Waals surface area (Å²) in [5, 5.41) is 11.7. The molecule has 3 aromatic heterocycles. The molecule has 2 aromatic carbocycles. The summed E-state index contributed by atoms with van der Waals surface area (Å²) < 4.78 is 20.0. The van der Waals surface area contributed by atoms with E-state index in [4.69, 9.17) is 23.8 Å². The van der Waals surface area contributed by atoms with Crippen LogP contribution < -0.4 is 5.56 Å². The monoisotopic (exact) mass is 579 g/mol. The van der Waals surface area contributed by atoms with Crippen LogP contribution in [-0.4, -0.2) is 58.8 Å². The van der Waals surface area contributed by atoms with Crippen molar-refractivity contribution in [2.24, 2.45) is 0 Å². The highest BCUT2D eigenvalue weighted by Crippen LogP contribution is 2.47. The molecular weight excluding hydrogens is 553 g/mol. The summed E-state index contributed by atoms with van der Waals surface area (Å²) in [5.41, 5.74) is 2.90. The van der Waals surface area contributed by atoms with Gasteiger partial charge in [-0.2, -0.15) is 4.98 Å². The van der Waals surface area contributed by atoms with Crippen molar-refractivity contribution in [2.75, 3.05) is 6.61 Å². The van der Waals surface area contributed by atoms with E-state index in [1.807, 2.05) is 42.5 Å². The first-order valence-electron chi connectivity index (χ1n) is 12.9.